The van der Waals surface area contributed by atoms with Gasteiger partial charge in [-0.05, 0) is 60.9 Å². The third-order valence-corrected chi connectivity index (χ3v) is 6.19. The van der Waals surface area contributed by atoms with Crippen LogP contribution in [-0.4, -0.2) is 26.3 Å². The third kappa shape index (κ3) is 4.89. The molecular weight excluding hydrogens is 426 g/mol. The lowest BCUT2D eigenvalue weighted by Gasteiger charge is -2.11. The van der Waals surface area contributed by atoms with Gasteiger partial charge in [-0.1, -0.05) is 66.7 Å². The van der Waals surface area contributed by atoms with Crippen molar-refractivity contribution in [2.75, 3.05) is 5.75 Å². The quantitative estimate of drug-likeness (QED) is 0.242. The summed E-state index contributed by atoms with van der Waals surface area (Å²) in [5.74, 6) is 1.07. The van der Waals surface area contributed by atoms with Gasteiger partial charge in [0, 0.05) is 21.8 Å². The molecule has 4 rings (SSSR count). The van der Waals surface area contributed by atoms with Crippen LogP contribution >= 0.6 is 23.4 Å². The van der Waals surface area contributed by atoms with Gasteiger partial charge in [-0.25, -0.2) is 0 Å². The summed E-state index contributed by atoms with van der Waals surface area (Å²) in [5, 5.41) is 10.2. The number of aryl methyl sites for hydroxylation is 2. The van der Waals surface area contributed by atoms with Crippen molar-refractivity contribution in [2.24, 2.45) is 0 Å². The van der Waals surface area contributed by atoms with Crippen molar-refractivity contribution in [3.8, 4) is 17.1 Å². The molecule has 0 aliphatic carbocycles. The molecule has 0 N–H and O–H groups in total. The van der Waals surface area contributed by atoms with E-state index in [2.05, 4.69) is 23.2 Å². The van der Waals surface area contributed by atoms with Gasteiger partial charge >= 0.3 is 0 Å². The zero-order valence-corrected chi connectivity index (χ0v) is 19.0. The zero-order valence-electron chi connectivity index (χ0n) is 17.4. The van der Waals surface area contributed by atoms with Gasteiger partial charge in [0.05, 0.1) is 5.75 Å². The van der Waals surface area contributed by atoms with Crippen molar-refractivity contribution in [1.29, 1.82) is 0 Å². The SMILES string of the molecule is CCc1ccc(C(=O)CSc2nnc(-c3ccc(Cl)cc3)n2-c2cccc(C)c2)cc1. The minimum atomic E-state index is 0.0690. The average molecular weight is 448 g/mol. The molecule has 0 aliphatic rings. The van der Waals surface area contributed by atoms with Crippen LogP contribution in [-0.2, 0) is 6.42 Å². The monoisotopic (exact) mass is 447 g/mol. The molecule has 1 aromatic heterocycles. The molecular formula is C25H22ClN3OS. The fourth-order valence-corrected chi connectivity index (χ4v) is 4.26. The maximum atomic E-state index is 12.7. The number of carbonyl (C=O) groups excluding carboxylic acids is 1. The molecule has 0 saturated carbocycles. The minimum absolute atomic E-state index is 0.0690. The van der Waals surface area contributed by atoms with Crippen LogP contribution in [0.4, 0.5) is 0 Å². The van der Waals surface area contributed by atoms with E-state index in [0.29, 0.717) is 21.6 Å². The van der Waals surface area contributed by atoms with E-state index in [1.165, 1.54) is 17.3 Å². The average Bonchev–Trinajstić information content (AvgIpc) is 3.22. The highest BCUT2D eigenvalue weighted by Crippen LogP contribution is 2.29. The fourth-order valence-electron chi connectivity index (χ4n) is 3.29. The topological polar surface area (TPSA) is 47.8 Å². The Kier molecular flexibility index (Phi) is 6.54. The molecule has 3 aromatic carbocycles. The van der Waals surface area contributed by atoms with Crippen LogP contribution in [0.2, 0.25) is 5.02 Å². The van der Waals surface area contributed by atoms with Gasteiger partial charge in [0.1, 0.15) is 0 Å². The van der Waals surface area contributed by atoms with Crippen LogP contribution in [0, 0.1) is 6.92 Å². The molecule has 1 heterocycles. The number of thioether (sulfide) groups is 1. The van der Waals surface area contributed by atoms with E-state index in [4.69, 9.17) is 11.6 Å². The molecule has 0 fully saturated rings. The van der Waals surface area contributed by atoms with E-state index in [1.54, 1.807) is 0 Å². The van der Waals surface area contributed by atoms with Crippen molar-refractivity contribution in [2.45, 2.75) is 25.4 Å². The van der Waals surface area contributed by atoms with Gasteiger partial charge < -0.3 is 0 Å². The number of Topliss-reactive ketones (excluding diaryl/α,β-unsaturated/α-hetero) is 1. The number of ketones is 1. The fraction of sp³-hybridized carbons (Fsp3) is 0.160. The van der Waals surface area contributed by atoms with Crippen LogP contribution in [0.5, 0.6) is 0 Å². The van der Waals surface area contributed by atoms with E-state index in [-0.39, 0.29) is 11.5 Å². The van der Waals surface area contributed by atoms with Crippen LogP contribution in [0.1, 0.15) is 28.4 Å². The summed E-state index contributed by atoms with van der Waals surface area (Å²) in [7, 11) is 0. The number of aromatic nitrogens is 3. The van der Waals surface area contributed by atoms with E-state index < -0.39 is 0 Å². The van der Waals surface area contributed by atoms with Gasteiger partial charge in [0.25, 0.3) is 0 Å². The van der Waals surface area contributed by atoms with Crippen molar-refractivity contribution in [3.63, 3.8) is 0 Å². The van der Waals surface area contributed by atoms with E-state index >= 15 is 0 Å². The van der Waals surface area contributed by atoms with E-state index in [0.717, 1.165) is 23.2 Å². The molecule has 6 heteroatoms. The second kappa shape index (κ2) is 9.50. The predicted octanol–water partition coefficient (Wildman–Crippen LogP) is 6.43. The van der Waals surface area contributed by atoms with Gasteiger partial charge in [-0.15, -0.1) is 10.2 Å². The van der Waals surface area contributed by atoms with Crippen LogP contribution in [0.3, 0.4) is 0 Å². The molecule has 0 radical (unpaired) electrons. The van der Waals surface area contributed by atoms with Gasteiger partial charge in [0.15, 0.2) is 16.8 Å². The molecule has 0 spiro atoms. The summed E-state index contributed by atoms with van der Waals surface area (Å²) < 4.78 is 1.99. The number of halogens is 1. The highest BCUT2D eigenvalue weighted by molar-refractivity contribution is 7.99. The highest BCUT2D eigenvalue weighted by atomic mass is 35.5. The first-order chi connectivity index (χ1) is 15.0. The van der Waals surface area contributed by atoms with Crippen LogP contribution in [0.15, 0.2) is 78.0 Å². The second-order valence-electron chi connectivity index (χ2n) is 7.25. The maximum Gasteiger partial charge on any atom is 0.196 e. The molecule has 0 bridgehead atoms. The van der Waals surface area contributed by atoms with E-state index in [9.17, 15) is 4.79 Å². The first-order valence-corrected chi connectivity index (χ1v) is 11.4. The standard InChI is InChI=1S/C25H22ClN3OS/c1-3-18-7-9-19(10-8-18)23(30)16-31-25-28-27-24(20-11-13-21(26)14-12-20)29(25)22-6-4-5-17(2)15-22/h4-15H,3,16H2,1-2H3. The predicted molar refractivity (Wildman–Crippen MR) is 127 cm³/mol. The lowest BCUT2D eigenvalue weighted by Crippen LogP contribution is -2.05. The van der Waals surface area contributed by atoms with Gasteiger partial charge in [0.2, 0.25) is 0 Å². The largest absolute Gasteiger partial charge is 0.293 e. The Balaban J connectivity index is 1.65. The molecule has 0 aliphatic heterocycles. The Labute approximate surface area is 191 Å². The molecule has 0 atom stereocenters. The third-order valence-electron chi connectivity index (χ3n) is 5.01. The number of hydrogen-bond donors (Lipinski definition) is 0. The summed E-state index contributed by atoms with van der Waals surface area (Å²) in [4.78, 5) is 12.7. The Morgan fingerprint density at radius 3 is 2.42 bits per heavy atom. The normalized spacial score (nSPS) is 10.9. The number of carbonyl (C=O) groups is 1. The minimum Gasteiger partial charge on any atom is -0.293 e. The second-order valence-corrected chi connectivity index (χ2v) is 8.63. The van der Waals surface area contributed by atoms with Crippen molar-refractivity contribution >= 4 is 29.1 Å². The summed E-state index contributed by atoms with van der Waals surface area (Å²) in [6.07, 6.45) is 0.955. The Morgan fingerprint density at radius 1 is 1.00 bits per heavy atom. The summed E-state index contributed by atoms with van der Waals surface area (Å²) >= 11 is 7.45. The zero-order chi connectivity index (χ0) is 21.8. The van der Waals surface area contributed by atoms with E-state index in [1.807, 2.05) is 78.2 Å². The van der Waals surface area contributed by atoms with Crippen LogP contribution < -0.4 is 0 Å². The molecule has 0 amide bonds. The smallest absolute Gasteiger partial charge is 0.196 e. The van der Waals surface area contributed by atoms with Gasteiger partial charge in [-0.3, -0.25) is 9.36 Å². The lowest BCUT2D eigenvalue weighted by molar-refractivity contribution is 0.102. The lowest BCUT2D eigenvalue weighted by atomic mass is 10.1. The molecule has 0 saturated heterocycles. The first-order valence-electron chi connectivity index (χ1n) is 10.1. The van der Waals surface area contributed by atoms with Gasteiger partial charge in [-0.2, -0.15) is 0 Å². The number of rotatable bonds is 7. The molecule has 156 valence electrons. The number of nitrogens with zero attached hydrogens (tertiary/aromatic N) is 3. The molecule has 31 heavy (non-hydrogen) atoms. The van der Waals surface area contributed by atoms with Crippen molar-refractivity contribution < 1.29 is 4.79 Å². The summed E-state index contributed by atoms with van der Waals surface area (Å²) in [6, 6.07) is 23.5. The van der Waals surface area contributed by atoms with Crippen molar-refractivity contribution in [1.82, 2.24) is 14.8 Å². The Hall–Kier alpha value is -2.89. The first kappa shape index (κ1) is 21.3. The molecule has 4 nitrogen and oxygen atoms in total. The molecule has 0 unspecified atom stereocenters. The molecule has 4 aromatic rings. The highest BCUT2D eigenvalue weighted by Gasteiger charge is 2.18. The summed E-state index contributed by atoms with van der Waals surface area (Å²) in [6.45, 7) is 4.15. The summed E-state index contributed by atoms with van der Waals surface area (Å²) in [5.41, 5.74) is 4.93. The number of benzene rings is 3. The number of hydrogen-bond acceptors (Lipinski definition) is 4. The Bertz CT molecular complexity index is 1200. The maximum absolute atomic E-state index is 12.7. The Morgan fingerprint density at radius 2 is 1.74 bits per heavy atom. The van der Waals surface area contributed by atoms with Crippen molar-refractivity contribution in [3.05, 3.63) is 94.5 Å². The van der Waals surface area contributed by atoms with Crippen LogP contribution in [0.25, 0.3) is 17.1 Å².